The zero-order valence-corrected chi connectivity index (χ0v) is 11.2. The first-order valence-corrected chi connectivity index (χ1v) is 6.45. The molecule has 19 heavy (non-hydrogen) atoms. The zero-order valence-electron chi connectivity index (χ0n) is 11.2. The van der Waals surface area contributed by atoms with Gasteiger partial charge in [-0.1, -0.05) is 19.1 Å². The first-order chi connectivity index (χ1) is 9.24. The largest absolute Gasteiger partial charge is 0.486 e. The summed E-state index contributed by atoms with van der Waals surface area (Å²) in [5, 5.41) is 4.45. The Balaban J connectivity index is 2.02. The number of nitrogens with zero attached hydrogens (tertiary/aromatic N) is 2. The molecule has 0 aliphatic heterocycles. The van der Waals surface area contributed by atoms with E-state index in [0.29, 0.717) is 24.0 Å². The summed E-state index contributed by atoms with van der Waals surface area (Å²) in [7, 11) is 0. The van der Waals surface area contributed by atoms with Crippen LogP contribution in [0.3, 0.4) is 0 Å². The fourth-order valence-electron chi connectivity index (χ4n) is 1.75. The lowest BCUT2D eigenvalue weighted by Gasteiger charge is -2.09. The van der Waals surface area contributed by atoms with Crippen LogP contribution in [0.15, 0.2) is 36.5 Å². The van der Waals surface area contributed by atoms with Gasteiger partial charge in [0.2, 0.25) is 0 Å². The Morgan fingerprint density at radius 3 is 2.89 bits per heavy atom. The van der Waals surface area contributed by atoms with Crippen molar-refractivity contribution in [2.75, 3.05) is 0 Å². The van der Waals surface area contributed by atoms with Crippen molar-refractivity contribution < 1.29 is 9.53 Å². The van der Waals surface area contributed by atoms with Gasteiger partial charge in [0, 0.05) is 12.2 Å². The second kappa shape index (κ2) is 6.18. The van der Waals surface area contributed by atoms with Crippen molar-refractivity contribution in [3.05, 3.63) is 47.8 Å². The lowest BCUT2D eigenvalue weighted by Crippen LogP contribution is -2.06. The molecule has 100 valence electrons. The van der Waals surface area contributed by atoms with E-state index in [9.17, 15) is 4.79 Å². The van der Waals surface area contributed by atoms with Crippen molar-refractivity contribution in [3.63, 3.8) is 0 Å². The standard InChI is InChI=1S/C15H18N2O2/c1-3-12(2)17-9-8-14(16-17)11-19-15-7-5-4-6-13(15)10-18/h4-10,12H,3,11H2,1-2H3. The zero-order chi connectivity index (χ0) is 13.7. The minimum atomic E-state index is 0.369. The third kappa shape index (κ3) is 3.22. The fourth-order valence-corrected chi connectivity index (χ4v) is 1.75. The van der Waals surface area contributed by atoms with Crippen molar-refractivity contribution in [1.82, 2.24) is 9.78 Å². The van der Waals surface area contributed by atoms with Gasteiger partial charge in [-0.25, -0.2) is 0 Å². The molecule has 0 saturated carbocycles. The van der Waals surface area contributed by atoms with Crippen LogP contribution in [0.2, 0.25) is 0 Å². The van der Waals surface area contributed by atoms with E-state index >= 15 is 0 Å². The van der Waals surface area contributed by atoms with Gasteiger partial charge in [-0.05, 0) is 31.5 Å². The highest BCUT2D eigenvalue weighted by Gasteiger charge is 2.06. The molecule has 1 atom stereocenters. The van der Waals surface area contributed by atoms with E-state index in [2.05, 4.69) is 18.9 Å². The summed E-state index contributed by atoms with van der Waals surface area (Å²) in [6.07, 6.45) is 3.79. The van der Waals surface area contributed by atoms with Crippen molar-refractivity contribution in [2.45, 2.75) is 32.9 Å². The van der Waals surface area contributed by atoms with E-state index in [4.69, 9.17) is 4.74 Å². The first kappa shape index (κ1) is 13.3. The lowest BCUT2D eigenvalue weighted by molar-refractivity contribution is 0.111. The van der Waals surface area contributed by atoms with Crippen LogP contribution in [-0.2, 0) is 6.61 Å². The summed E-state index contributed by atoms with van der Waals surface area (Å²) in [6, 6.07) is 9.51. The molecule has 0 aliphatic rings. The Morgan fingerprint density at radius 1 is 1.37 bits per heavy atom. The van der Waals surface area contributed by atoms with Gasteiger partial charge in [-0.2, -0.15) is 5.10 Å². The Morgan fingerprint density at radius 2 is 2.16 bits per heavy atom. The van der Waals surface area contributed by atoms with Gasteiger partial charge >= 0.3 is 0 Å². The maximum atomic E-state index is 10.9. The molecule has 2 aromatic rings. The molecular weight excluding hydrogens is 240 g/mol. The molecule has 0 aliphatic carbocycles. The highest BCUT2D eigenvalue weighted by molar-refractivity contribution is 5.79. The summed E-state index contributed by atoms with van der Waals surface area (Å²) in [5.74, 6) is 0.593. The third-order valence-corrected chi connectivity index (χ3v) is 3.13. The number of benzene rings is 1. The normalized spacial score (nSPS) is 12.1. The van der Waals surface area contributed by atoms with E-state index < -0.39 is 0 Å². The highest BCUT2D eigenvalue weighted by Crippen LogP contribution is 2.17. The van der Waals surface area contributed by atoms with Gasteiger partial charge in [-0.15, -0.1) is 0 Å². The number of carbonyl (C=O) groups excluding carboxylic acids is 1. The molecule has 0 bridgehead atoms. The maximum Gasteiger partial charge on any atom is 0.153 e. The van der Waals surface area contributed by atoms with Crippen LogP contribution in [0.25, 0.3) is 0 Å². The smallest absolute Gasteiger partial charge is 0.153 e. The molecule has 1 aromatic heterocycles. The molecule has 2 rings (SSSR count). The molecule has 4 nitrogen and oxygen atoms in total. The maximum absolute atomic E-state index is 10.9. The van der Waals surface area contributed by atoms with E-state index in [1.807, 2.05) is 29.1 Å². The molecule has 0 saturated heterocycles. The molecule has 1 aromatic carbocycles. The summed E-state index contributed by atoms with van der Waals surface area (Å²) in [5.41, 5.74) is 1.42. The molecule has 1 unspecified atom stereocenters. The Labute approximate surface area is 113 Å². The second-order valence-corrected chi connectivity index (χ2v) is 4.49. The van der Waals surface area contributed by atoms with Gasteiger partial charge in [0.05, 0.1) is 11.3 Å². The lowest BCUT2D eigenvalue weighted by atomic mass is 10.2. The average molecular weight is 258 g/mol. The molecular formula is C15H18N2O2. The minimum Gasteiger partial charge on any atom is -0.486 e. The van der Waals surface area contributed by atoms with Crippen molar-refractivity contribution in [3.8, 4) is 5.75 Å². The quantitative estimate of drug-likeness (QED) is 0.747. The molecule has 0 radical (unpaired) electrons. The van der Waals surface area contributed by atoms with Crippen molar-refractivity contribution in [1.29, 1.82) is 0 Å². The Hall–Kier alpha value is -2.10. The molecule has 1 heterocycles. The summed E-state index contributed by atoms with van der Waals surface area (Å²) in [4.78, 5) is 10.9. The number of hydrogen-bond acceptors (Lipinski definition) is 3. The Bertz CT molecular complexity index is 549. The molecule has 0 spiro atoms. The first-order valence-electron chi connectivity index (χ1n) is 6.45. The van der Waals surface area contributed by atoms with Crippen LogP contribution >= 0.6 is 0 Å². The van der Waals surface area contributed by atoms with Crippen molar-refractivity contribution in [2.24, 2.45) is 0 Å². The topological polar surface area (TPSA) is 44.1 Å². The van der Waals surface area contributed by atoms with E-state index in [0.717, 1.165) is 18.4 Å². The molecule has 0 amide bonds. The van der Waals surface area contributed by atoms with Crippen LogP contribution in [0.4, 0.5) is 0 Å². The van der Waals surface area contributed by atoms with Crippen molar-refractivity contribution >= 4 is 6.29 Å². The number of hydrogen-bond donors (Lipinski definition) is 0. The SMILES string of the molecule is CCC(C)n1ccc(COc2ccccc2C=O)n1. The summed E-state index contributed by atoms with van der Waals surface area (Å²) < 4.78 is 7.57. The van der Waals surface area contributed by atoms with E-state index in [1.165, 1.54) is 0 Å². The van der Waals surface area contributed by atoms with Gasteiger partial charge < -0.3 is 4.74 Å². The summed E-state index contributed by atoms with van der Waals surface area (Å²) in [6.45, 7) is 4.62. The number of para-hydroxylation sites is 1. The predicted molar refractivity (Wildman–Crippen MR) is 73.4 cm³/mol. The van der Waals surface area contributed by atoms with Crippen LogP contribution in [0.1, 0.15) is 42.4 Å². The highest BCUT2D eigenvalue weighted by atomic mass is 16.5. The summed E-state index contributed by atoms with van der Waals surface area (Å²) >= 11 is 0. The fraction of sp³-hybridized carbons (Fsp3) is 0.333. The average Bonchev–Trinajstić information content (AvgIpc) is 2.93. The van der Waals surface area contributed by atoms with Gasteiger partial charge in [0.15, 0.2) is 6.29 Å². The van der Waals surface area contributed by atoms with Gasteiger partial charge in [0.25, 0.3) is 0 Å². The van der Waals surface area contributed by atoms with Crippen LogP contribution < -0.4 is 4.74 Å². The Kier molecular flexibility index (Phi) is 4.34. The van der Waals surface area contributed by atoms with Crippen LogP contribution in [0, 0.1) is 0 Å². The minimum absolute atomic E-state index is 0.369. The molecule has 4 heteroatoms. The van der Waals surface area contributed by atoms with E-state index in [1.54, 1.807) is 12.1 Å². The third-order valence-electron chi connectivity index (χ3n) is 3.13. The van der Waals surface area contributed by atoms with Crippen LogP contribution in [-0.4, -0.2) is 16.1 Å². The van der Waals surface area contributed by atoms with Gasteiger partial charge in [0.1, 0.15) is 12.4 Å². The predicted octanol–water partition coefficient (Wildman–Crippen LogP) is 3.25. The number of aldehydes is 1. The monoisotopic (exact) mass is 258 g/mol. The molecule has 0 N–H and O–H groups in total. The second-order valence-electron chi connectivity index (χ2n) is 4.49. The number of ether oxygens (including phenoxy) is 1. The van der Waals surface area contributed by atoms with Gasteiger partial charge in [-0.3, -0.25) is 9.48 Å². The molecule has 0 fully saturated rings. The number of rotatable bonds is 6. The number of carbonyl (C=O) groups is 1. The van der Waals surface area contributed by atoms with Crippen LogP contribution in [0.5, 0.6) is 5.75 Å². The number of aromatic nitrogens is 2. The van der Waals surface area contributed by atoms with E-state index in [-0.39, 0.29) is 0 Å².